The maximum absolute atomic E-state index is 13.1. The van der Waals surface area contributed by atoms with Gasteiger partial charge < -0.3 is 15.0 Å². The van der Waals surface area contributed by atoms with Crippen molar-refractivity contribution in [2.24, 2.45) is 0 Å². The summed E-state index contributed by atoms with van der Waals surface area (Å²) in [4.78, 5) is 23.6. The molecule has 0 aliphatic carbocycles. The second kappa shape index (κ2) is 8.79. The van der Waals surface area contributed by atoms with Crippen molar-refractivity contribution in [3.8, 4) is 0 Å². The fourth-order valence-corrected chi connectivity index (χ4v) is 2.93. The van der Waals surface area contributed by atoms with Gasteiger partial charge in [0.05, 0.1) is 12.8 Å². The van der Waals surface area contributed by atoms with Gasteiger partial charge in [-0.05, 0) is 32.4 Å². The second-order valence-corrected chi connectivity index (χ2v) is 6.89. The Bertz CT molecular complexity index is 939. The number of ether oxygens (including phenoxy) is 1. The Balaban J connectivity index is 1.94. The van der Waals surface area contributed by atoms with Gasteiger partial charge in [0.25, 0.3) is 5.91 Å². The van der Waals surface area contributed by atoms with E-state index in [2.05, 4.69) is 20.4 Å². The molecule has 148 valence electrons. The number of hydrogen-bond acceptors (Lipinski definition) is 6. The summed E-state index contributed by atoms with van der Waals surface area (Å²) >= 11 is 0. The summed E-state index contributed by atoms with van der Waals surface area (Å²) in [6.45, 7) is 7.45. The summed E-state index contributed by atoms with van der Waals surface area (Å²) in [6, 6.07) is 5.67. The molecule has 8 nitrogen and oxygen atoms in total. The first-order valence-corrected chi connectivity index (χ1v) is 9.29. The van der Waals surface area contributed by atoms with Gasteiger partial charge in [-0.25, -0.2) is 4.98 Å². The number of aromatic nitrogens is 4. The van der Waals surface area contributed by atoms with Gasteiger partial charge >= 0.3 is 0 Å². The molecule has 3 aromatic rings. The summed E-state index contributed by atoms with van der Waals surface area (Å²) in [5.74, 6) is 0.584. The molecule has 3 rings (SSSR count). The number of fused-ring (bicyclic) bond motifs is 1. The minimum atomic E-state index is -0.125. The number of pyridine rings is 1. The average molecular weight is 382 g/mol. The number of carbonyl (C=O) groups excluding carboxylic acids is 1. The van der Waals surface area contributed by atoms with Crippen LogP contribution in [0, 0.1) is 6.92 Å². The van der Waals surface area contributed by atoms with E-state index < -0.39 is 0 Å². The van der Waals surface area contributed by atoms with E-state index in [-0.39, 0.29) is 11.9 Å². The zero-order valence-electron chi connectivity index (χ0n) is 16.7. The van der Waals surface area contributed by atoms with Crippen LogP contribution in [-0.4, -0.2) is 56.7 Å². The fraction of sp³-hybridized carbons (Fsp3) is 0.400. The largest absolute Gasteiger partial charge is 0.383 e. The lowest BCUT2D eigenvalue weighted by atomic mass is 10.2. The third-order valence-electron chi connectivity index (χ3n) is 4.48. The number of amides is 1. The third-order valence-corrected chi connectivity index (χ3v) is 4.48. The van der Waals surface area contributed by atoms with Crippen LogP contribution in [0.4, 0.5) is 5.82 Å². The molecule has 28 heavy (non-hydrogen) atoms. The molecule has 3 aromatic heterocycles. The highest BCUT2D eigenvalue weighted by atomic mass is 16.5. The number of nitrogens with one attached hydrogen (secondary N) is 1. The van der Waals surface area contributed by atoms with Crippen molar-refractivity contribution in [3.63, 3.8) is 0 Å². The Labute approximate surface area is 164 Å². The summed E-state index contributed by atoms with van der Waals surface area (Å²) in [5, 5.41) is 7.74. The van der Waals surface area contributed by atoms with Crippen LogP contribution in [-0.2, 0) is 11.3 Å². The Hall–Kier alpha value is -3.00. The number of methoxy groups -OCH3 is 1. The van der Waals surface area contributed by atoms with Crippen molar-refractivity contribution in [1.29, 1.82) is 0 Å². The zero-order chi connectivity index (χ0) is 20.1. The van der Waals surface area contributed by atoms with Crippen LogP contribution < -0.4 is 5.32 Å². The van der Waals surface area contributed by atoms with Crippen molar-refractivity contribution in [3.05, 3.63) is 53.6 Å². The van der Waals surface area contributed by atoms with Gasteiger partial charge in [0, 0.05) is 50.3 Å². The molecule has 0 aliphatic rings. The minimum Gasteiger partial charge on any atom is -0.383 e. The number of carbonyl (C=O) groups is 1. The minimum absolute atomic E-state index is 0.0403. The van der Waals surface area contributed by atoms with Crippen molar-refractivity contribution in [2.45, 2.75) is 33.4 Å². The molecule has 0 saturated carbocycles. The quantitative estimate of drug-likeness (QED) is 0.644. The molecule has 0 bridgehead atoms. The molecule has 1 N–H and O–H groups in total. The standard InChI is InChI=1S/C20H26N6O2/c1-14(2)25(8-9-28-4)20(27)17-10-18(22-13-16-6-5-7-21-12-16)26-19(24-17)15(3)11-23-26/h5-7,10-12,14,22H,8-9,13H2,1-4H3. The summed E-state index contributed by atoms with van der Waals surface area (Å²) in [6.07, 6.45) is 5.29. The van der Waals surface area contributed by atoms with E-state index in [0.717, 1.165) is 11.1 Å². The highest BCUT2D eigenvalue weighted by Crippen LogP contribution is 2.18. The number of anilines is 1. The lowest BCUT2D eigenvalue weighted by Gasteiger charge is -2.26. The molecule has 0 atom stereocenters. The van der Waals surface area contributed by atoms with Crippen LogP contribution in [0.15, 0.2) is 36.8 Å². The molecule has 0 unspecified atom stereocenters. The van der Waals surface area contributed by atoms with E-state index >= 15 is 0 Å². The van der Waals surface area contributed by atoms with Crippen molar-refractivity contribution < 1.29 is 9.53 Å². The Morgan fingerprint density at radius 1 is 1.36 bits per heavy atom. The van der Waals surface area contributed by atoms with Crippen molar-refractivity contribution >= 4 is 17.4 Å². The Morgan fingerprint density at radius 3 is 2.86 bits per heavy atom. The number of rotatable bonds is 8. The lowest BCUT2D eigenvalue weighted by molar-refractivity contribution is 0.0629. The molecule has 0 aliphatic heterocycles. The maximum atomic E-state index is 13.1. The van der Waals surface area contributed by atoms with Crippen LogP contribution in [0.3, 0.4) is 0 Å². The Kier molecular flexibility index (Phi) is 6.20. The van der Waals surface area contributed by atoms with Crippen LogP contribution in [0.1, 0.15) is 35.5 Å². The fourth-order valence-electron chi connectivity index (χ4n) is 2.93. The van der Waals surface area contributed by atoms with Crippen LogP contribution in [0.5, 0.6) is 0 Å². The van der Waals surface area contributed by atoms with Crippen molar-refractivity contribution in [1.82, 2.24) is 24.5 Å². The van der Waals surface area contributed by atoms with Gasteiger partial charge in [0.15, 0.2) is 5.65 Å². The van der Waals surface area contributed by atoms with E-state index in [1.165, 1.54) is 0 Å². The van der Waals surface area contributed by atoms with Gasteiger partial charge in [0.2, 0.25) is 0 Å². The SMILES string of the molecule is COCCN(C(=O)c1cc(NCc2cccnc2)n2ncc(C)c2n1)C(C)C. The topological polar surface area (TPSA) is 84.7 Å². The first-order valence-electron chi connectivity index (χ1n) is 9.29. The molecule has 0 saturated heterocycles. The maximum Gasteiger partial charge on any atom is 0.272 e. The van der Waals surface area contributed by atoms with Crippen LogP contribution >= 0.6 is 0 Å². The number of aryl methyl sites for hydroxylation is 1. The molecule has 8 heteroatoms. The highest BCUT2D eigenvalue weighted by molar-refractivity contribution is 5.94. The van der Waals surface area contributed by atoms with Gasteiger partial charge in [-0.3, -0.25) is 9.78 Å². The summed E-state index contributed by atoms with van der Waals surface area (Å²) in [7, 11) is 1.63. The molecule has 1 amide bonds. The van der Waals surface area contributed by atoms with E-state index in [0.29, 0.717) is 36.9 Å². The second-order valence-electron chi connectivity index (χ2n) is 6.89. The van der Waals surface area contributed by atoms with Gasteiger partial charge in [0.1, 0.15) is 11.5 Å². The highest BCUT2D eigenvalue weighted by Gasteiger charge is 2.22. The van der Waals surface area contributed by atoms with E-state index in [9.17, 15) is 4.79 Å². The molecule has 0 spiro atoms. The predicted molar refractivity (Wildman–Crippen MR) is 107 cm³/mol. The number of hydrogen-bond donors (Lipinski definition) is 1. The monoisotopic (exact) mass is 382 g/mol. The van der Waals surface area contributed by atoms with Crippen molar-refractivity contribution in [2.75, 3.05) is 25.6 Å². The van der Waals surface area contributed by atoms with Gasteiger partial charge in [-0.1, -0.05) is 6.07 Å². The first kappa shape index (κ1) is 19.8. The molecule has 3 heterocycles. The number of nitrogens with zero attached hydrogens (tertiary/aromatic N) is 5. The zero-order valence-corrected chi connectivity index (χ0v) is 16.7. The normalized spacial score (nSPS) is 11.2. The molecule has 0 fully saturated rings. The van der Waals surface area contributed by atoms with Crippen LogP contribution in [0.25, 0.3) is 5.65 Å². The first-order chi connectivity index (χ1) is 13.5. The van der Waals surface area contributed by atoms with Gasteiger partial charge in [-0.2, -0.15) is 9.61 Å². The smallest absolute Gasteiger partial charge is 0.272 e. The predicted octanol–water partition coefficient (Wildman–Crippen LogP) is 2.54. The summed E-state index contributed by atoms with van der Waals surface area (Å²) < 4.78 is 6.87. The van der Waals surface area contributed by atoms with E-state index in [1.807, 2.05) is 32.9 Å². The molecule has 0 radical (unpaired) electrons. The molecular formula is C20H26N6O2. The van der Waals surface area contributed by atoms with Gasteiger partial charge in [-0.15, -0.1) is 0 Å². The lowest BCUT2D eigenvalue weighted by Crippen LogP contribution is -2.39. The Morgan fingerprint density at radius 2 is 2.18 bits per heavy atom. The van der Waals surface area contributed by atoms with Crippen LogP contribution in [0.2, 0.25) is 0 Å². The third kappa shape index (κ3) is 4.28. The molecular weight excluding hydrogens is 356 g/mol. The average Bonchev–Trinajstić information content (AvgIpc) is 3.08. The molecule has 0 aromatic carbocycles. The summed E-state index contributed by atoms with van der Waals surface area (Å²) in [5.41, 5.74) is 2.99. The van der Waals surface area contributed by atoms with E-state index in [4.69, 9.17) is 4.74 Å². The van der Waals surface area contributed by atoms with E-state index in [1.54, 1.807) is 41.2 Å².